The van der Waals surface area contributed by atoms with Gasteiger partial charge in [-0.3, -0.25) is 0 Å². The van der Waals surface area contributed by atoms with E-state index in [1.807, 2.05) is 12.1 Å². The molecule has 2 aromatic rings. The molecule has 2 nitrogen and oxygen atoms in total. The SMILES string of the molecule is CC(C)(O[Si](C)(C)C)C(=C=C(c1ccccc1)c1ccccc1)C(C)(C)O[Si](C)(C)C. The molecule has 0 saturated heterocycles. The molecular formula is C27H40O2Si2. The van der Waals surface area contributed by atoms with Crippen LogP contribution in [-0.2, 0) is 8.85 Å². The molecule has 0 atom stereocenters. The Morgan fingerprint density at radius 3 is 1.23 bits per heavy atom. The Morgan fingerprint density at radius 1 is 0.613 bits per heavy atom. The van der Waals surface area contributed by atoms with Crippen LogP contribution in [0.25, 0.3) is 5.57 Å². The Labute approximate surface area is 192 Å². The molecule has 0 bridgehead atoms. The average Bonchev–Trinajstić information content (AvgIpc) is 2.59. The van der Waals surface area contributed by atoms with Gasteiger partial charge in [-0.15, -0.1) is 5.73 Å². The van der Waals surface area contributed by atoms with Crippen LogP contribution in [0.1, 0.15) is 38.8 Å². The lowest BCUT2D eigenvalue weighted by atomic mass is 9.84. The lowest BCUT2D eigenvalue weighted by Crippen LogP contribution is -2.49. The normalized spacial score (nSPS) is 13.0. The van der Waals surface area contributed by atoms with Gasteiger partial charge in [0.25, 0.3) is 0 Å². The molecule has 0 aliphatic heterocycles. The Morgan fingerprint density at radius 2 is 0.935 bits per heavy atom. The van der Waals surface area contributed by atoms with E-state index >= 15 is 0 Å². The first-order chi connectivity index (χ1) is 14.1. The highest BCUT2D eigenvalue weighted by atomic mass is 28.4. The summed E-state index contributed by atoms with van der Waals surface area (Å²) in [5.41, 5.74) is 7.21. The number of benzene rings is 2. The summed E-state index contributed by atoms with van der Waals surface area (Å²) in [5, 5.41) is 0. The largest absolute Gasteiger partial charge is 0.408 e. The van der Waals surface area contributed by atoms with Crippen LogP contribution in [0.3, 0.4) is 0 Å². The molecule has 2 rings (SSSR count). The van der Waals surface area contributed by atoms with Crippen molar-refractivity contribution >= 4 is 22.2 Å². The van der Waals surface area contributed by atoms with Gasteiger partial charge in [-0.05, 0) is 78.1 Å². The van der Waals surface area contributed by atoms with E-state index in [0.29, 0.717) is 0 Å². The van der Waals surface area contributed by atoms with Gasteiger partial charge in [0.2, 0.25) is 0 Å². The topological polar surface area (TPSA) is 18.5 Å². The predicted octanol–water partition coefficient (Wildman–Crippen LogP) is 7.90. The van der Waals surface area contributed by atoms with E-state index in [9.17, 15) is 0 Å². The third-order valence-corrected chi connectivity index (χ3v) is 6.95. The predicted molar refractivity (Wildman–Crippen MR) is 139 cm³/mol. The minimum absolute atomic E-state index is 0.511. The number of hydrogen-bond donors (Lipinski definition) is 0. The molecule has 168 valence electrons. The summed E-state index contributed by atoms with van der Waals surface area (Å²) in [6, 6.07) is 21.0. The van der Waals surface area contributed by atoms with Crippen molar-refractivity contribution in [2.75, 3.05) is 0 Å². The van der Waals surface area contributed by atoms with Gasteiger partial charge in [-0.2, -0.15) is 0 Å². The molecule has 0 fully saturated rings. The second kappa shape index (κ2) is 9.44. The van der Waals surface area contributed by atoms with Crippen molar-refractivity contribution < 1.29 is 8.85 Å². The second-order valence-corrected chi connectivity index (χ2v) is 19.9. The van der Waals surface area contributed by atoms with Gasteiger partial charge in [-0.1, -0.05) is 60.7 Å². The second-order valence-electron chi connectivity index (χ2n) is 11.1. The maximum absolute atomic E-state index is 6.72. The summed E-state index contributed by atoms with van der Waals surface area (Å²) < 4.78 is 13.4. The maximum Gasteiger partial charge on any atom is 0.184 e. The molecule has 0 spiro atoms. The molecule has 0 aliphatic rings. The van der Waals surface area contributed by atoms with Crippen LogP contribution in [0.5, 0.6) is 0 Å². The van der Waals surface area contributed by atoms with Gasteiger partial charge in [0.15, 0.2) is 16.6 Å². The van der Waals surface area contributed by atoms with Crippen LogP contribution in [0.2, 0.25) is 39.3 Å². The summed E-state index contributed by atoms with van der Waals surface area (Å²) in [5.74, 6) is 0. The standard InChI is InChI=1S/C27H40O2Si2/c1-26(2,28-30(5,6)7)25(27(3,4)29-31(8,9)10)21-24(22-17-13-11-14-18-22)23-19-15-12-16-20-23/h11-20H,1-10H3. The van der Waals surface area contributed by atoms with E-state index in [1.165, 1.54) is 0 Å². The lowest BCUT2D eigenvalue weighted by Gasteiger charge is -2.43. The van der Waals surface area contributed by atoms with Crippen LogP contribution in [0, 0.1) is 0 Å². The third-order valence-electron chi connectivity index (χ3n) is 4.70. The quantitative estimate of drug-likeness (QED) is 0.299. The van der Waals surface area contributed by atoms with E-state index in [1.54, 1.807) is 0 Å². The first-order valence-corrected chi connectivity index (χ1v) is 18.0. The average molecular weight is 453 g/mol. The van der Waals surface area contributed by atoms with Crippen LogP contribution >= 0.6 is 0 Å². The Hall–Kier alpha value is -1.69. The van der Waals surface area contributed by atoms with Crippen molar-refractivity contribution in [3.63, 3.8) is 0 Å². The first kappa shape index (κ1) is 25.6. The van der Waals surface area contributed by atoms with E-state index < -0.39 is 27.8 Å². The summed E-state index contributed by atoms with van der Waals surface area (Å²) in [6.45, 7) is 22.1. The van der Waals surface area contributed by atoms with Crippen molar-refractivity contribution in [1.29, 1.82) is 0 Å². The third kappa shape index (κ3) is 7.74. The molecule has 0 N–H and O–H groups in total. The molecule has 31 heavy (non-hydrogen) atoms. The number of hydrogen-bond acceptors (Lipinski definition) is 2. The molecule has 2 aromatic carbocycles. The number of rotatable bonds is 8. The Kier molecular flexibility index (Phi) is 7.78. The van der Waals surface area contributed by atoms with E-state index in [-0.39, 0.29) is 0 Å². The highest BCUT2D eigenvalue weighted by Gasteiger charge is 2.41. The highest BCUT2D eigenvalue weighted by Crippen LogP contribution is 2.37. The van der Waals surface area contributed by atoms with E-state index in [2.05, 4.69) is 121 Å². The van der Waals surface area contributed by atoms with E-state index in [4.69, 9.17) is 8.85 Å². The lowest BCUT2D eigenvalue weighted by molar-refractivity contribution is 0.0637. The molecular weight excluding hydrogens is 412 g/mol. The zero-order valence-electron chi connectivity index (χ0n) is 21.1. The summed E-state index contributed by atoms with van der Waals surface area (Å²) >= 11 is 0. The molecule has 0 heterocycles. The van der Waals surface area contributed by atoms with Gasteiger partial charge >= 0.3 is 0 Å². The summed E-state index contributed by atoms with van der Waals surface area (Å²) in [7, 11) is -3.63. The first-order valence-electron chi connectivity index (χ1n) is 11.1. The Balaban J connectivity index is 2.89. The van der Waals surface area contributed by atoms with Gasteiger partial charge in [0.05, 0.1) is 11.2 Å². The minimum Gasteiger partial charge on any atom is -0.408 e. The highest BCUT2D eigenvalue weighted by molar-refractivity contribution is 6.70. The smallest absolute Gasteiger partial charge is 0.184 e. The maximum atomic E-state index is 6.72. The molecule has 0 saturated carbocycles. The van der Waals surface area contributed by atoms with Crippen LogP contribution < -0.4 is 0 Å². The zero-order valence-corrected chi connectivity index (χ0v) is 23.1. The molecule has 4 heteroatoms. The molecule has 0 aliphatic carbocycles. The zero-order chi connectivity index (χ0) is 23.5. The fraction of sp³-hybridized carbons (Fsp3) is 0.444. The van der Waals surface area contributed by atoms with Crippen LogP contribution in [0.15, 0.2) is 72.0 Å². The molecule has 0 aromatic heterocycles. The Bertz CT molecular complexity index is 853. The molecule has 0 amide bonds. The van der Waals surface area contributed by atoms with Crippen molar-refractivity contribution in [1.82, 2.24) is 0 Å². The van der Waals surface area contributed by atoms with Crippen LogP contribution in [0.4, 0.5) is 0 Å². The minimum atomic E-state index is -1.82. The summed E-state index contributed by atoms with van der Waals surface area (Å²) in [4.78, 5) is 0. The van der Waals surface area contributed by atoms with Gasteiger partial charge in [-0.25, -0.2) is 0 Å². The summed E-state index contributed by atoms with van der Waals surface area (Å²) in [6.07, 6.45) is 0. The van der Waals surface area contributed by atoms with Crippen LogP contribution in [-0.4, -0.2) is 27.8 Å². The van der Waals surface area contributed by atoms with Gasteiger partial charge < -0.3 is 8.85 Å². The van der Waals surface area contributed by atoms with E-state index in [0.717, 1.165) is 22.3 Å². The molecule has 0 radical (unpaired) electrons. The molecule has 0 unspecified atom stereocenters. The van der Waals surface area contributed by atoms with Crippen molar-refractivity contribution in [2.24, 2.45) is 0 Å². The monoisotopic (exact) mass is 452 g/mol. The fourth-order valence-corrected chi connectivity index (χ4v) is 7.57. The van der Waals surface area contributed by atoms with Crippen molar-refractivity contribution in [2.45, 2.75) is 78.2 Å². The van der Waals surface area contributed by atoms with Crippen molar-refractivity contribution in [3.05, 3.63) is 83.1 Å². The van der Waals surface area contributed by atoms with Gasteiger partial charge in [0, 0.05) is 11.1 Å². The fourth-order valence-electron chi connectivity index (χ4n) is 4.30. The van der Waals surface area contributed by atoms with Gasteiger partial charge in [0.1, 0.15) is 0 Å². The van der Waals surface area contributed by atoms with Crippen molar-refractivity contribution in [3.8, 4) is 0 Å².